The molecular weight excluding hydrogens is 412 g/mol. The summed E-state index contributed by atoms with van der Waals surface area (Å²) in [6.45, 7) is 19.6. The van der Waals surface area contributed by atoms with Gasteiger partial charge >= 0.3 is 0 Å². The van der Waals surface area contributed by atoms with Crippen molar-refractivity contribution in [1.29, 1.82) is 0 Å². The van der Waals surface area contributed by atoms with Crippen LogP contribution in [0.4, 0.5) is 0 Å². The summed E-state index contributed by atoms with van der Waals surface area (Å²) in [7, 11) is -1.87. The summed E-state index contributed by atoms with van der Waals surface area (Å²) >= 11 is 0. The molecule has 0 amide bonds. The molecular formula is C24H44O6Si. The lowest BCUT2D eigenvalue weighted by molar-refractivity contribution is -0.317. The van der Waals surface area contributed by atoms with Gasteiger partial charge in [-0.25, -0.2) is 0 Å². The Morgan fingerprint density at radius 2 is 1.74 bits per heavy atom. The van der Waals surface area contributed by atoms with Gasteiger partial charge in [0.2, 0.25) is 0 Å². The molecule has 1 unspecified atom stereocenters. The van der Waals surface area contributed by atoms with E-state index in [4.69, 9.17) is 23.4 Å². The Hall–Kier alpha value is -0.0231. The largest absolute Gasteiger partial charge is 0.414 e. The molecule has 0 aromatic carbocycles. The van der Waals surface area contributed by atoms with Gasteiger partial charge in [0.05, 0.1) is 18.3 Å². The van der Waals surface area contributed by atoms with Gasteiger partial charge < -0.3 is 28.5 Å². The van der Waals surface area contributed by atoms with Crippen LogP contribution < -0.4 is 0 Å². The lowest BCUT2D eigenvalue weighted by Crippen LogP contribution is -2.58. The van der Waals surface area contributed by atoms with Gasteiger partial charge in [0, 0.05) is 31.8 Å². The normalized spacial score (nSPS) is 43.9. The van der Waals surface area contributed by atoms with Crippen LogP contribution in [0.1, 0.15) is 80.6 Å². The van der Waals surface area contributed by atoms with E-state index in [-0.39, 0.29) is 41.5 Å². The standard InChI is InChI=1S/C24H44O6Si/c1-15(16(2)29-31(8,9)21(3,4)5)12-24(25)11-10-19-23(30-24)13-17(26-19)20-18(14-23)27-22(6,7)28-20/h15-20,25H,10-14H2,1-9H3/t15-,16-,17+,18-,19+,20?,23-,24+/m1/s1. The molecule has 7 heteroatoms. The van der Waals surface area contributed by atoms with Crippen LogP contribution in [0.2, 0.25) is 18.1 Å². The summed E-state index contributed by atoms with van der Waals surface area (Å²) in [5.74, 6) is -1.56. The molecule has 4 fully saturated rings. The molecule has 180 valence electrons. The first-order chi connectivity index (χ1) is 14.0. The summed E-state index contributed by atoms with van der Waals surface area (Å²) in [6.07, 6.45) is 3.42. The lowest BCUT2D eigenvalue weighted by Gasteiger charge is -2.49. The predicted molar refractivity (Wildman–Crippen MR) is 121 cm³/mol. The first kappa shape index (κ1) is 24.1. The number of hydrogen-bond donors (Lipinski definition) is 1. The molecule has 1 aliphatic carbocycles. The minimum Gasteiger partial charge on any atom is -0.414 e. The van der Waals surface area contributed by atoms with E-state index in [1.165, 1.54) is 0 Å². The molecule has 4 aliphatic rings. The molecule has 0 aromatic rings. The number of aliphatic hydroxyl groups is 1. The zero-order valence-electron chi connectivity index (χ0n) is 21.0. The molecule has 31 heavy (non-hydrogen) atoms. The maximum atomic E-state index is 11.6. The van der Waals surface area contributed by atoms with Gasteiger partial charge in [-0.15, -0.1) is 0 Å². The molecule has 3 aliphatic heterocycles. The van der Waals surface area contributed by atoms with E-state index in [2.05, 4.69) is 47.7 Å². The zero-order valence-corrected chi connectivity index (χ0v) is 22.0. The Kier molecular flexibility index (Phi) is 5.82. The fourth-order valence-electron chi connectivity index (χ4n) is 5.78. The van der Waals surface area contributed by atoms with Crippen molar-refractivity contribution in [2.45, 2.75) is 146 Å². The van der Waals surface area contributed by atoms with Gasteiger partial charge in [-0.3, -0.25) is 0 Å². The third-order valence-electron chi connectivity index (χ3n) is 8.53. The first-order valence-electron chi connectivity index (χ1n) is 12.2. The van der Waals surface area contributed by atoms with Crippen molar-refractivity contribution in [3.05, 3.63) is 0 Å². The van der Waals surface area contributed by atoms with E-state index in [0.29, 0.717) is 12.8 Å². The minimum absolute atomic E-state index is 0.00916. The van der Waals surface area contributed by atoms with Gasteiger partial charge in [-0.05, 0) is 51.2 Å². The Morgan fingerprint density at radius 1 is 1.10 bits per heavy atom. The quantitative estimate of drug-likeness (QED) is 0.603. The van der Waals surface area contributed by atoms with Crippen molar-refractivity contribution in [3.63, 3.8) is 0 Å². The molecule has 3 saturated heterocycles. The summed E-state index contributed by atoms with van der Waals surface area (Å²) in [6, 6.07) is 0. The minimum atomic E-state index is -1.87. The molecule has 0 aromatic heterocycles. The number of ether oxygens (including phenoxy) is 4. The molecule has 8 atom stereocenters. The zero-order chi connectivity index (χ0) is 23.0. The smallest absolute Gasteiger partial charge is 0.192 e. The van der Waals surface area contributed by atoms with Gasteiger partial charge in [0.25, 0.3) is 0 Å². The molecule has 6 nitrogen and oxygen atoms in total. The maximum Gasteiger partial charge on any atom is 0.192 e. The SMILES string of the molecule is C[C@H](C[C@]1(O)CC[C@@H]2O[C@H]3C[C@]2(C[C@H]2OC(C)(C)OC32)O1)[C@@H](C)O[Si](C)(C)C(C)(C)C. The number of rotatable bonds is 5. The van der Waals surface area contributed by atoms with Gasteiger partial charge in [-0.2, -0.15) is 0 Å². The number of hydrogen-bond acceptors (Lipinski definition) is 6. The van der Waals surface area contributed by atoms with Crippen LogP contribution >= 0.6 is 0 Å². The van der Waals surface area contributed by atoms with E-state index in [1.54, 1.807) is 0 Å². The van der Waals surface area contributed by atoms with Crippen LogP contribution in [-0.2, 0) is 23.4 Å². The van der Waals surface area contributed by atoms with Crippen LogP contribution in [0.25, 0.3) is 0 Å². The van der Waals surface area contributed by atoms with E-state index >= 15 is 0 Å². The topological polar surface area (TPSA) is 66.4 Å². The van der Waals surface area contributed by atoms with Crippen LogP contribution in [0.3, 0.4) is 0 Å². The highest BCUT2D eigenvalue weighted by Crippen LogP contribution is 2.55. The van der Waals surface area contributed by atoms with Crippen molar-refractivity contribution >= 4 is 8.32 Å². The van der Waals surface area contributed by atoms with E-state index < -0.39 is 25.5 Å². The monoisotopic (exact) mass is 456 g/mol. The summed E-state index contributed by atoms with van der Waals surface area (Å²) in [4.78, 5) is 0. The van der Waals surface area contributed by atoms with Crippen molar-refractivity contribution < 1.29 is 28.5 Å². The molecule has 2 bridgehead atoms. The van der Waals surface area contributed by atoms with Gasteiger partial charge in [0.15, 0.2) is 19.9 Å². The fourth-order valence-corrected chi connectivity index (χ4v) is 7.29. The Labute approximate surface area is 189 Å². The van der Waals surface area contributed by atoms with Crippen molar-refractivity contribution in [3.8, 4) is 0 Å². The van der Waals surface area contributed by atoms with Gasteiger partial charge in [-0.1, -0.05) is 27.7 Å². The summed E-state index contributed by atoms with van der Waals surface area (Å²) in [5.41, 5.74) is -0.480. The Bertz CT molecular complexity index is 690. The highest BCUT2D eigenvalue weighted by atomic mass is 28.4. The maximum absolute atomic E-state index is 11.6. The van der Waals surface area contributed by atoms with Crippen molar-refractivity contribution in [2.24, 2.45) is 5.92 Å². The van der Waals surface area contributed by atoms with E-state index in [1.807, 2.05) is 13.8 Å². The third-order valence-corrected chi connectivity index (χ3v) is 13.1. The Morgan fingerprint density at radius 3 is 2.39 bits per heavy atom. The first-order valence-corrected chi connectivity index (χ1v) is 15.1. The predicted octanol–water partition coefficient (Wildman–Crippen LogP) is 4.74. The number of fused-ring (bicyclic) bond motifs is 3. The lowest BCUT2D eigenvalue weighted by atomic mass is 9.75. The molecule has 0 radical (unpaired) electrons. The molecule has 3 heterocycles. The van der Waals surface area contributed by atoms with Crippen LogP contribution in [0, 0.1) is 5.92 Å². The van der Waals surface area contributed by atoms with Crippen LogP contribution in [0.15, 0.2) is 0 Å². The molecule has 1 saturated carbocycles. The second-order valence-corrected chi connectivity index (χ2v) is 17.4. The second kappa shape index (κ2) is 7.49. The van der Waals surface area contributed by atoms with E-state index in [0.717, 1.165) is 19.3 Å². The molecule has 1 spiro atoms. The average molecular weight is 457 g/mol. The summed E-state index contributed by atoms with van der Waals surface area (Å²) in [5, 5.41) is 11.7. The van der Waals surface area contributed by atoms with Crippen molar-refractivity contribution in [2.75, 3.05) is 0 Å². The highest BCUT2D eigenvalue weighted by molar-refractivity contribution is 6.74. The highest BCUT2D eigenvalue weighted by Gasteiger charge is 2.66. The van der Waals surface area contributed by atoms with Gasteiger partial charge in [0.1, 0.15) is 11.7 Å². The third kappa shape index (κ3) is 4.41. The van der Waals surface area contributed by atoms with Crippen LogP contribution in [-0.4, -0.2) is 61.1 Å². The molecule has 1 N–H and O–H groups in total. The Balaban J connectivity index is 1.43. The summed E-state index contributed by atoms with van der Waals surface area (Å²) < 4.78 is 31.9. The average Bonchev–Trinajstić information content (AvgIpc) is 3.06. The second-order valence-electron chi connectivity index (χ2n) is 12.6. The van der Waals surface area contributed by atoms with Crippen molar-refractivity contribution in [1.82, 2.24) is 0 Å². The molecule has 4 rings (SSSR count). The van der Waals surface area contributed by atoms with E-state index in [9.17, 15) is 5.11 Å². The van der Waals surface area contributed by atoms with Crippen LogP contribution in [0.5, 0.6) is 0 Å². The fraction of sp³-hybridized carbons (Fsp3) is 1.00.